The molecule has 3 aromatic carbocycles. The summed E-state index contributed by atoms with van der Waals surface area (Å²) >= 11 is 0. The number of aromatic nitrogens is 1. The molecule has 0 aliphatic rings. The lowest BCUT2D eigenvalue weighted by Gasteiger charge is -2.10. The number of hydrogen-bond donors (Lipinski definition) is 0. The molecule has 4 rings (SSSR count). The van der Waals surface area contributed by atoms with Crippen molar-refractivity contribution in [3.05, 3.63) is 90.3 Å². The zero-order chi connectivity index (χ0) is 23.2. The van der Waals surface area contributed by atoms with E-state index in [-0.39, 0.29) is 5.89 Å². The predicted molar refractivity (Wildman–Crippen MR) is 124 cm³/mol. The maximum atomic E-state index is 12.6. The normalized spacial score (nSPS) is 10.6. The Balaban J connectivity index is 1.64. The van der Waals surface area contributed by atoms with Crippen LogP contribution >= 0.6 is 0 Å². The number of nitrogens with zero attached hydrogens (tertiary/aromatic N) is 2. The molecule has 0 fully saturated rings. The third-order valence-corrected chi connectivity index (χ3v) is 5.10. The molecule has 0 atom stereocenters. The van der Waals surface area contributed by atoms with Crippen LogP contribution in [0.1, 0.15) is 16.2 Å². The molecule has 1 amide bonds. The smallest absolute Gasteiger partial charge is 0.332 e. The minimum Gasteiger partial charge on any atom is -0.497 e. The highest BCUT2D eigenvalue weighted by Crippen LogP contribution is 2.34. The average molecular weight is 444 g/mol. The monoisotopic (exact) mass is 444 g/mol. The Hall–Kier alpha value is -4.10. The van der Waals surface area contributed by atoms with Gasteiger partial charge in [-0.15, -0.1) is 0 Å². The second kappa shape index (κ2) is 10.0. The van der Waals surface area contributed by atoms with E-state index >= 15 is 0 Å². The number of hydrogen-bond acceptors (Lipinski definition) is 6. The molecule has 0 saturated heterocycles. The van der Waals surface area contributed by atoms with E-state index in [1.54, 1.807) is 7.11 Å². The summed E-state index contributed by atoms with van der Waals surface area (Å²) in [6.45, 7) is 0.475. The molecule has 0 bridgehead atoms. The second-order valence-corrected chi connectivity index (χ2v) is 7.21. The molecule has 1 heterocycles. The van der Waals surface area contributed by atoms with E-state index in [1.165, 1.54) is 14.2 Å². The molecule has 0 spiro atoms. The van der Waals surface area contributed by atoms with Crippen molar-refractivity contribution < 1.29 is 23.5 Å². The number of hydroxylamine groups is 2. The minimum atomic E-state index is -0.485. The van der Waals surface area contributed by atoms with Crippen molar-refractivity contribution in [1.82, 2.24) is 10.0 Å². The summed E-state index contributed by atoms with van der Waals surface area (Å²) in [6.07, 6.45) is 0. The van der Waals surface area contributed by atoms with Gasteiger partial charge in [0.15, 0.2) is 5.76 Å². The molecule has 4 aromatic rings. The zero-order valence-electron chi connectivity index (χ0n) is 18.6. The van der Waals surface area contributed by atoms with Crippen LogP contribution in [-0.2, 0) is 11.4 Å². The van der Waals surface area contributed by atoms with Crippen LogP contribution < -0.4 is 9.47 Å². The quantitative estimate of drug-likeness (QED) is 0.347. The van der Waals surface area contributed by atoms with Gasteiger partial charge in [-0.2, -0.15) is 0 Å². The van der Waals surface area contributed by atoms with E-state index in [0.717, 1.165) is 33.3 Å². The third kappa shape index (κ3) is 5.05. The van der Waals surface area contributed by atoms with Crippen molar-refractivity contribution in [2.75, 3.05) is 21.3 Å². The highest BCUT2D eigenvalue weighted by Gasteiger charge is 2.24. The molecular formula is C26H24N2O5. The maximum Gasteiger partial charge on any atom is 0.332 e. The molecule has 0 saturated carbocycles. The highest BCUT2D eigenvalue weighted by atomic mass is 16.7. The Labute approximate surface area is 192 Å². The molecular weight excluding hydrogens is 420 g/mol. The van der Waals surface area contributed by atoms with Crippen LogP contribution in [0.4, 0.5) is 0 Å². The summed E-state index contributed by atoms with van der Waals surface area (Å²) < 4.78 is 17.0. The second-order valence-electron chi connectivity index (χ2n) is 7.21. The Bertz CT molecular complexity index is 1200. The number of carbonyl (C=O) groups is 1. The largest absolute Gasteiger partial charge is 0.497 e. The van der Waals surface area contributed by atoms with E-state index < -0.39 is 5.91 Å². The van der Waals surface area contributed by atoms with Crippen LogP contribution in [0, 0.1) is 0 Å². The van der Waals surface area contributed by atoms with Gasteiger partial charge in [0.05, 0.1) is 14.2 Å². The molecule has 0 N–H and O–H groups in total. The molecule has 0 unspecified atom stereocenters. The van der Waals surface area contributed by atoms with E-state index in [4.69, 9.17) is 18.7 Å². The minimum absolute atomic E-state index is 0.0652. The van der Waals surface area contributed by atoms with Crippen molar-refractivity contribution in [1.29, 1.82) is 0 Å². The Morgan fingerprint density at radius 3 is 2.15 bits per heavy atom. The molecule has 0 aliphatic carbocycles. The van der Waals surface area contributed by atoms with Gasteiger partial charge in [0.1, 0.15) is 23.8 Å². The first-order valence-electron chi connectivity index (χ1n) is 10.3. The lowest BCUT2D eigenvalue weighted by molar-refractivity contribution is -0.0777. The number of ether oxygens (including phenoxy) is 2. The Morgan fingerprint density at radius 2 is 1.52 bits per heavy atom. The van der Waals surface area contributed by atoms with Gasteiger partial charge in [0.25, 0.3) is 5.89 Å². The predicted octanol–water partition coefficient (Wildman–Crippen LogP) is 5.23. The molecule has 0 radical (unpaired) electrons. The van der Waals surface area contributed by atoms with Crippen molar-refractivity contribution in [3.63, 3.8) is 0 Å². The van der Waals surface area contributed by atoms with Crippen molar-refractivity contribution >= 4 is 5.91 Å². The van der Waals surface area contributed by atoms with Crippen LogP contribution in [0.15, 0.2) is 83.3 Å². The summed E-state index contributed by atoms with van der Waals surface area (Å²) in [6, 6.07) is 24.8. The molecule has 168 valence electrons. The van der Waals surface area contributed by atoms with E-state index in [0.29, 0.717) is 18.1 Å². The fourth-order valence-corrected chi connectivity index (χ4v) is 3.21. The van der Waals surface area contributed by atoms with Gasteiger partial charge in [-0.25, -0.2) is 10.0 Å². The Kier molecular flexibility index (Phi) is 6.71. The van der Waals surface area contributed by atoms with Gasteiger partial charge >= 0.3 is 5.91 Å². The van der Waals surface area contributed by atoms with Gasteiger partial charge in [-0.3, -0.25) is 9.63 Å². The number of benzene rings is 3. The average Bonchev–Trinajstić information content (AvgIpc) is 3.33. The SMILES string of the molecule is COc1ccc(-c2oc(C(=O)N(C)OC)nc2-c2ccc(OCc3ccccc3)cc2)cc1. The lowest BCUT2D eigenvalue weighted by atomic mass is 10.1. The van der Waals surface area contributed by atoms with Crippen molar-refractivity contribution in [3.8, 4) is 34.1 Å². The number of oxazole rings is 1. The highest BCUT2D eigenvalue weighted by molar-refractivity contribution is 5.91. The first kappa shape index (κ1) is 22.1. The van der Waals surface area contributed by atoms with Gasteiger partial charge in [0, 0.05) is 18.2 Å². The third-order valence-electron chi connectivity index (χ3n) is 5.10. The number of carbonyl (C=O) groups excluding carboxylic acids is 1. The summed E-state index contributed by atoms with van der Waals surface area (Å²) in [5, 5.41) is 1.06. The first-order valence-corrected chi connectivity index (χ1v) is 10.3. The molecule has 0 aliphatic heterocycles. The van der Waals surface area contributed by atoms with Crippen LogP contribution in [0.5, 0.6) is 11.5 Å². The fraction of sp³-hybridized carbons (Fsp3) is 0.154. The van der Waals surface area contributed by atoms with Crippen molar-refractivity contribution in [2.24, 2.45) is 0 Å². The lowest BCUT2D eigenvalue weighted by Crippen LogP contribution is -2.25. The van der Waals surface area contributed by atoms with E-state index in [9.17, 15) is 4.79 Å². The van der Waals surface area contributed by atoms with Gasteiger partial charge < -0.3 is 13.9 Å². The van der Waals surface area contributed by atoms with Crippen molar-refractivity contribution in [2.45, 2.75) is 6.61 Å². The van der Waals surface area contributed by atoms with Crippen LogP contribution in [0.25, 0.3) is 22.6 Å². The van der Waals surface area contributed by atoms with Gasteiger partial charge in [0.2, 0.25) is 0 Å². The summed E-state index contributed by atoms with van der Waals surface area (Å²) in [5.41, 5.74) is 3.19. The Morgan fingerprint density at radius 1 is 0.879 bits per heavy atom. The molecule has 7 heteroatoms. The van der Waals surface area contributed by atoms with E-state index in [2.05, 4.69) is 4.98 Å². The number of rotatable bonds is 8. The summed E-state index contributed by atoms with van der Waals surface area (Å²) in [7, 11) is 4.51. The van der Waals surface area contributed by atoms with E-state index in [1.807, 2.05) is 78.9 Å². The molecule has 7 nitrogen and oxygen atoms in total. The van der Waals surface area contributed by atoms with Crippen LogP contribution in [0.2, 0.25) is 0 Å². The number of amides is 1. The molecule has 33 heavy (non-hydrogen) atoms. The van der Waals surface area contributed by atoms with Crippen LogP contribution in [0.3, 0.4) is 0 Å². The topological polar surface area (TPSA) is 74.0 Å². The van der Waals surface area contributed by atoms with Gasteiger partial charge in [-0.05, 0) is 54.1 Å². The summed E-state index contributed by atoms with van der Waals surface area (Å²) in [4.78, 5) is 22.1. The number of methoxy groups -OCH3 is 1. The standard InChI is InChI=1S/C26H24N2O5/c1-28(31-3)26(29)25-27-23(24(33-25)20-11-13-21(30-2)14-12-20)19-9-15-22(16-10-19)32-17-18-7-5-4-6-8-18/h4-16H,17H2,1-3H3. The fourth-order valence-electron chi connectivity index (χ4n) is 3.21. The zero-order valence-corrected chi connectivity index (χ0v) is 18.6. The summed E-state index contributed by atoms with van der Waals surface area (Å²) in [5.74, 6) is 1.37. The maximum absolute atomic E-state index is 12.6. The molecule has 1 aromatic heterocycles. The van der Waals surface area contributed by atoms with Gasteiger partial charge in [-0.1, -0.05) is 30.3 Å². The van der Waals surface area contributed by atoms with Crippen LogP contribution in [-0.4, -0.2) is 37.2 Å². The first-order chi connectivity index (χ1) is 16.1.